The molecule has 1 aromatic carbocycles. The molecule has 0 aromatic heterocycles. The predicted molar refractivity (Wildman–Crippen MR) is 82.5 cm³/mol. The molecule has 1 fully saturated rings. The Kier molecular flexibility index (Phi) is 5.41. The third kappa shape index (κ3) is 4.85. The molecular formula is C16H25N3O. The number of piperidine rings is 1. The summed E-state index contributed by atoms with van der Waals surface area (Å²) in [4.78, 5) is 14.4. The molecule has 1 heterocycles. The quantitative estimate of drug-likeness (QED) is 0.806. The lowest BCUT2D eigenvalue weighted by molar-refractivity contribution is -0.121. The molecule has 2 rings (SSSR count). The van der Waals surface area contributed by atoms with Gasteiger partial charge in [0.25, 0.3) is 0 Å². The molecule has 0 saturated carbocycles. The number of rotatable bonds is 5. The van der Waals surface area contributed by atoms with E-state index in [1.165, 1.54) is 19.3 Å². The van der Waals surface area contributed by atoms with E-state index in [2.05, 4.69) is 17.1 Å². The van der Waals surface area contributed by atoms with Crippen LogP contribution in [0.15, 0.2) is 24.3 Å². The summed E-state index contributed by atoms with van der Waals surface area (Å²) in [5, 5.41) is 3.08. The Balaban J connectivity index is 1.74. The summed E-state index contributed by atoms with van der Waals surface area (Å²) < 4.78 is 0. The molecule has 0 bridgehead atoms. The van der Waals surface area contributed by atoms with Gasteiger partial charge in [0.05, 0.1) is 6.42 Å². The number of carbonyl (C=O) groups excluding carboxylic acids is 1. The smallest absolute Gasteiger partial charge is 0.224 e. The molecule has 1 aliphatic rings. The summed E-state index contributed by atoms with van der Waals surface area (Å²) in [5.41, 5.74) is 7.37. The topological polar surface area (TPSA) is 58.4 Å². The first-order valence-corrected chi connectivity index (χ1v) is 7.49. The van der Waals surface area contributed by atoms with Gasteiger partial charge in [0.15, 0.2) is 0 Å². The fourth-order valence-electron chi connectivity index (χ4n) is 2.72. The van der Waals surface area contributed by atoms with Crippen molar-refractivity contribution in [1.29, 1.82) is 0 Å². The molecule has 0 spiro atoms. The highest BCUT2D eigenvalue weighted by molar-refractivity contribution is 5.78. The number of anilines is 1. The Hall–Kier alpha value is -1.55. The van der Waals surface area contributed by atoms with Crippen molar-refractivity contribution in [3.05, 3.63) is 29.8 Å². The van der Waals surface area contributed by atoms with Crippen molar-refractivity contribution in [2.75, 3.05) is 25.4 Å². The lowest BCUT2D eigenvalue weighted by Crippen LogP contribution is -2.44. The molecule has 110 valence electrons. The van der Waals surface area contributed by atoms with Crippen molar-refractivity contribution in [3.63, 3.8) is 0 Å². The van der Waals surface area contributed by atoms with Crippen LogP contribution in [-0.2, 0) is 11.2 Å². The number of nitrogen functional groups attached to an aromatic ring is 1. The van der Waals surface area contributed by atoms with Gasteiger partial charge in [-0.05, 0) is 50.6 Å². The Morgan fingerprint density at radius 2 is 1.90 bits per heavy atom. The van der Waals surface area contributed by atoms with Gasteiger partial charge in [-0.1, -0.05) is 18.6 Å². The zero-order valence-electron chi connectivity index (χ0n) is 12.3. The zero-order chi connectivity index (χ0) is 14.4. The molecule has 1 aromatic rings. The first kappa shape index (κ1) is 14.9. The average Bonchev–Trinajstić information content (AvgIpc) is 2.42. The number of likely N-dealkylation sites (tertiary alicyclic amines) is 1. The SMILES string of the molecule is CC(CN1CCCCC1)NC(=O)Cc1ccc(N)cc1. The van der Waals surface area contributed by atoms with Crippen LogP contribution in [0.4, 0.5) is 5.69 Å². The van der Waals surface area contributed by atoms with Gasteiger partial charge in [-0.3, -0.25) is 4.79 Å². The van der Waals surface area contributed by atoms with Gasteiger partial charge >= 0.3 is 0 Å². The number of hydrogen-bond donors (Lipinski definition) is 2. The van der Waals surface area contributed by atoms with Crippen molar-refractivity contribution in [1.82, 2.24) is 10.2 Å². The molecule has 0 radical (unpaired) electrons. The molecule has 3 N–H and O–H groups in total. The highest BCUT2D eigenvalue weighted by Crippen LogP contribution is 2.09. The molecule has 4 nitrogen and oxygen atoms in total. The van der Waals surface area contributed by atoms with E-state index >= 15 is 0 Å². The minimum absolute atomic E-state index is 0.0827. The van der Waals surface area contributed by atoms with Crippen molar-refractivity contribution < 1.29 is 4.79 Å². The predicted octanol–water partition coefficient (Wildman–Crippen LogP) is 1.80. The summed E-state index contributed by atoms with van der Waals surface area (Å²) in [6.45, 7) is 5.36. The van der Waals surface area contributed by atoms with Gasteiger partial charge in [-0.15, -0.1) is 0 Å². The van der Waals surface area contributed by atoms with Gasteiger partial charge in [-0.2, -0.15) is 0 Å². The fraction of sp³-hybridized carbons (Fsp3) is 0.562. The van der Waals surface area contributed by atoms with E-state index in [4.69, 9.17) is 5.73 Å². The Bertz CT molecular complexity index is 424. The van der Waals surface area contributed by atoms with Crippen molar-refractivity contribution >= 4 is 11.6 Å². The molecule has 4 heteroatoms. The lowest BCUT2D eigenvalue weighted by Gasteiger charge is -2.29. The average molecular weight is 275 g/mol. The van der Waals surface area contributed by atoms with E-state index in [0.29, 0.717) is 6.42 Å². The molecule has 1 unspecified atom stereocenters. The van der Waals surface area contributed by atoms with Gasteiger partial charge in [0.1, 0.15) is 0 Å². The van der Waals surface area contributed by atoms with Crippen LogP contribution in [-0.4, -0.2) is 36.5 Å². The van der Waals surface area contributed by atoms with E-state index < -0.39 is 0 Å². The fourth-order valence-corrected chi connectivity index (χ4v) is 2.72. The maximum atomic E-state index is 12.0. The number of carbonyl (C=O) groups is 1. The highest BCUT2D eigenvalue weighted by Gasteiger charge is 2.14. The van der Waals surface area contributed by atoms with Crippen LogP contribution in [0.1, 0.15) is 31.7 Å². The van der Waals surface area contributed by atoms with Gasteiger partial charge in [-0.25, -0.2) is 0 Å². The minimum Gasteiger partial charge on any atom is -0.399 e. The number of nitrogens with one attached hydrogen (secondary N) is 1. The molecular weight excluding hydrogens is 250 g/mol. The maximum Gasteiger partial charge on any atom is 0.224 e. The minimum atomic E-state index is 0.0827. The van der Waals surface area contributed by atoms with Gasteiger partial charge in [0.2, 0.25) is 5.91 Å². The van der Waals surface area contributed by atoms with Gasteiger partial charge in [0, 0.05) is 18.3 Å². The molecule has 1 amide bonds. The van der Waals surface area contributed by atoms with Crippen LogP contribution in [0.5, 0.6) is 0 Å². The molecule has 0 aliphatic carbocycles. The van der Waals surface area contributed by atoms with E-state index in [9.17, 15) is 4.79 Å². The summed E-state index contributed by atoms with van der Waals surface area (Å²) in [5.74, 6) is 0.0827. The van der Waals surface area contributed by atoms with E-state index in [1.807, 2.05) is 24.3 Å². The van der Waals surface area contributed by atoms with Crippen LogP contribution in [0.2, 0.25) is 0 Å². The van der Waals surface area contributed by atoms with E-state index in [-0.39, 0.29) is 11.9 Å². The number of nitrogens with two attached hydrogens (primary N) is 1. The second-order valence-corrected chi connectivity index (χ2v) is 5.75. The summed E-state index contributed by atoms with van der Waals surface area (Å²) in [6.07, 6.45) is 4.33. The number of nitrogens with zero attached hydrogens (tertiary/aromatic N) is 1. The number of hydrogen-bond acceptors (Lipinski definition) is 3. The lowest BCUT2D eigenvalue weighted by atomic mass is 10.1. The standard InChI is InChI=1S/C16H25N3O/c1-13(12-19-9-3-2-4-10-19)18-16(20)11-14-5-7-15(17)8-6-14/h5-8,13H,2-4,9-12,17H2,1H3,(H,18,20). The molecule has 20 heavy (non-hydrogen) atoms. The van der Waals surface area contributed by atoms with Crippen molar-refractivity contribution in [2.45, 2.75) is 38.6 Å². The third-order valence-corrected chi connectivity index (χ3v) is 3.73. The maximum absolute atomic E-state index is 12.0. The Morgan fingerprint density at radius 3 is 2.55 bits per heavy atom. The normalized spacial score (nSPS) is 17.6. The van der Waals surface area contributed by atoms with Crippen molar-refractivity contribution in [2.24, 2.45) is 0 Å². The second-order valence-electron chi connectivity index (χ2n) is 5.75. The third-order valence-electron chi connectivity index (χ3n) is 3.73. The summed E-state index contributed by atoms with van der Waals surface area (Å²) in [7, 11) is 0. The van der Waals surface area contributed by atoms with Gasteiger partial charge < -0.3 is 16.0 Å². The zero-order valence-corrected chi connectivity index (χ0v) is 12.3. The summed E-state index contributed by atoms with van der Waals surface area (Å²) >= 11 is 0. The molecule has 1 saturated heterocycles. The van der Waals surface area contributed by atoms with Crippen LogP contribution in [0.25, 0.3) is 0 Å². The van der Waals surface area contributed by atoms with Crippen LogP contribution in [0, 0.1) is 0 Å². The van der Waals surface area contributed by atoms with Crippen LogP contribution < -0.4 is 11.1 Å². The first-order chi connectivity index (χ1) is 9.63. The second kappa shape index (κ2) is 7.29. The molecule has 1 atom stereocenters. The first-order valence-electron chi connectivity index (χ1n) is 7.49. The van der Waals surface area contributed by atoms with Crippen molar-refractivity contribution in [3.8, 4) is 0 Å². The number of benzene rings is 1. The summed E-state index contributed by atoms with van der Waals surface area (Å²) in [6, 6.07) is 7.68. The number of amides is 1. The Labute approximate surface area is 121 Å². The van der Waals surface area contributed by atoms with E-state index in [0.717, 1.165) is 30.9 Å². The largest absolute Gasteiger partial charge is 0.399 e. The van der Waals surface area contributed by atoms with Crippen LogP contribution in [0.3, 0.4) is 0 Å². The van der Waals surface area contributed by atoms with Crippen LogP contribution >= 0.6 is 0 Å². The highest BCUT2D eigenvalue weighted by atomic mass is 16.1. The monoisotopic (exact) mass is 275 g/mol. The Morgan fingerprint density at radius 1 is 1.25 bits per heavy atom. The van der Waals surface area contributed by atoms with E-state index in [1.54, 1.807) is 0 Å². The molecule has 1 aliphatic heterocycles.